The zero-order valence-electron chi connectivity index (χ0n) is 7.47. The summed E-state index contributed by atoms with van der Waals surface area (Å²) < 4.78 is 0. The summed E-state index contributed by atoms with van der Waals surface area (Å²) in [5.41, 5.74) is 2.11. The van der Waals surface area contributed by atoms with Crippen molar-refractivity contribution in [1.29, 1.82) is 0 Å². The van der Waals surface area contributed by atoms with E-state index in [0.29, 0.717) is 11.1 Å². The number of phenols is 1. The maximum atomic E-state index is 9.66. The number of nitrogens with one attached hydrogen (secondary N) is 1. The molecule has 1 atom stereocenters. The van der Waals surface area contributed by atoms with E-state index in [1.165, 1.54) is 5.56 Å². The van der Waals surface area contributed by atoms with Crippen molar-refractivity contribution in [2.24, 2.45) is 0 Å². The molecule has 1 heterocycles. The van der Waals surface area contributed by atoms with Crippen LogP contribution in [0.3, 0.4) is 0 Å². The highest BCUT2D eigenvalue weighted by Gasteiger charge is 2.26. The van der Waals surface area contributed by atoms with Crippen LogP contribution in [0.5, 0.6) is 5.75 Å². The quantitative estimate of drug-likeness (QED) is 0.715. The summed E-state index contributed by atoms with van der Waals surface area (Å²) in [7, 11) is 0. The zero-order chi connectivity index (χ0) is 9.42. The molecule has 1 aliphatic rings. The number of phenolic OH excluding ortho intramolecular Hbond substituents is 1. The number of aryl methyl sites for hydroxylation is 1. The Bertz CT molecular complexity index is 334. The van der Waals surface area contributed by atoms with E-state index < -0.39 is 0 Å². The Morgan fingerprint density at radius 3 is 2.85 bits per heavy atom. The molecule has 0 amide bonds. The maximum absolute atomic E-state index is 9.66. The van der Waals surface area contributed by atoms with Gasteiger partial charge in [0.15, 0.2) is 0 Å². The molecule has 70 valence electrons. The van der Waals surface area contributed by atoms with Crippen molar-refractivity contribution >= 4 is 11.6 Å². The van der Waals surface area contributed by atoms with Crippen LogP contribution in [-0.2, 0) is 6.42 Å². The number of benzene rings is 1. The molecular weight excluding hydrogens is 186 g/mol. The highest BCUT2D eigenvalue weighted by atomic mass is 35.5. The van der Waals surface area contributed by atoms with E-state index >= 15 is 0 Å². The van der Waals surface area contributed by atoms with Crippen molar-refractivity contribution in [2.45, 2.75) is 19.4 Å². The number of aromatic hydroxyl groups is 1. The van der Waals surface area contributed by atoms with Gasteiger partial charge in [0.05, 0.1) is 5.02 Å². The molecule has 0 aliphatic carbocycles. The monoisotopic (exact) mass is 197 g/mol. The van der Waals surface area contributed by atoms with Crippen molar-refractivity contribution < 1.29 is 5.11 Å². The summed E-state index contributed by atoms with van der Waals surface area (Å²) >= 11 is 5.89. The van der Waals surface area contributed by atoms with Gasteiger partial charge in [0.2, 0.25) is 0 Å². The van der Waals surface area contributed by atoms with Crippen LogP contribution < -0.4 is 5.32 Å². The third-order valence-electron chi connectivity index (χ3n) is 2.34. The lowest BCUT2D eigenvalue weighted by molar-refractivity contribution is 0.468. The van der Waals surface area contributed by atoms with Gasteiger partial charge in [0, 0.05) is 18.2 Å². The highest BCUT2D eigenvalue weighted by molar-refractivity contribution is 6.32. The third kappa shape index (κ3) is 1.64. The first-order valence-corrected chi connectivity index (χ1v) is 4.85. The lowest BCUT2D eigenvalue weighted by atomic mass is 10.1. The fourth-order valence-corrected chi connectivity index (χ4v) is 1.68. The summed E-state index contributed by atoms with van der Waals surface area (Å²) in [4.78, 5) is 0. The van der Waals surface area contributed by atoms with E-state index in [1.807, 2.05) is 12.1 Å². The molecule has 0 bridgehead atoms. The second-order valence-electron chi connectivity index (χ2n) is 3.33. The topological polar surface area (TPSA) is 42.2 Å². The predicted molar refractivity (Wildman–Crippen MR) is 53.2 cm³/mol. The number of hydrogen-bond donors (Lipinski definition) is 2. The van der Waals surface area contributed by atoms with Crippen LogP contribution in [0.4, 0.5) is 0 Å². The second kappa shape index (κ2) is 3.20. The van der Waals surface area contributed by atoms with Crippen molar-refractivity contribution in [2.75, 3.05) is 6.54 Å². The predicted octanol–water partition coefficient (Wildman–Crippen LogP) is 2.25. The molecular formula is C10H12ClNO. The minimum Gasteiger partial charge on any atom is -0.506 e. The van der Waals surface area contributed by atoms with Crippen LogP contribution in [0.25, 0.3) is 0 Å². The number of hydrogen-bond acceptors (Lipinski definition) is 2. The van der Waals surface area contributed by atoms with E-state index in [9.17, 15) is 5.11 Å². The molecule has 1 fully saturated rings. The van der Waals surface area contributed by atoms with Crippen LogP contribution >= 0.6 is 11.6 Å². The first kappa shape index (κ1) is 8.85. The van der Waals surface area contributed by atoms with Gasteiger partial charge in [-0.1, -0.05) is 24.6 Å². The van der Waals surface area contributed by atoms with Crippen molar-refractivity contribution in [3.63, 3.8) is 0 Å². The molecule has 0 saturated carbocycles. The van der Waals surface area contributed by atoms with E-state index in [0.717, 1.165) is 18.5 Å². The van der Waals surface area contributed by atoms with Crippen molar-refractivity contribution in [3.05, 3.63) is 28.3 Å². The van der Waals surface area contributed by atoms with E-state index in [2.05, 4.69) is 12.2 Å². The standard InChI is InChI=1S/C10H12ClNO/c1-2-6-3-7(9-5-12-9)10(13)8(11)4-6/h3-4,9,12-13H,2,5H2,1H3/t9-/m1/s1. The molecule has 1 saturated heterocycles. The van der Waals surface area contributed by atoms with Gasteiger partial charge >= 0.3 is 0 Å². The minimum atomic E-state index is 0.230. The number of rotatable bonds is 2. The van der Waals surface area contributed by atoms with Gasteiger partial charge < -0.3 is 10.4 Å². The van der Waals surface area contributed by atoms with E-state index in [1.54, 1.807) is 0 Å². The summed E-state index contributed by atoms with van der Waals surface area (Å²) in [6.07, 6.45) is 0.944. The third-order valence-corrected chi connectivity index (χ3v) is 2.63. The lowest BCUT2D eigenvalue weighted by Crippen LogP contribution is -1.90. The molecule has 3 heteroatoms. The average Bonchev–Trinajstić information content (AvgIpc) is 2.92. The van der Waals surface area contributed by atoms with Gasteiger partial charge in [-0.2, -0.15) is 0 Å². The van der Waals surface area contributed by atoms with Crippen LogP contribution in [0.15, 0.2) is 12.1 Å². The van der Waals surface area contributed by atoms with Crippen LogP contribution in [0.2, 0.25) is 5.02 Å². The smallest absolute Gasteiger partial charge is 0.139 e. The molecule has 0 radical (unpaired) electrons. The van der Waals surface area contributed by atoms with Crippen molar-refractivity contribution in [1.82, 2.24) is 5.32 Å². The van der Waals surface area contributed by atoms with Gasteiger partial charge in [0.25, 0.3) is 0 Å². The summed E-state index contributed by atoms with van der Waals surface area (Å²) in [5, 5.41) is 13.3. The molecule has 0 unspecified atom stereocenters. The fraction of sp³-hybridized carbons (Fsp3) is 0.400. The van der Waals surface area contributed by atoms with Gasteiger partial charge in [0.1, 0.15) is 5.75 Å². The molecule has 1 aromatic carbocycles. The first-order chi connectivity index (χ1) is 6.22. The number of halogens is 1. The van der Waals surface area contributed by atoms with Crippen LogP contribution in [0.1, 0.15) is 24.1 Å². The van der Waals surface area contributed by atoms with Gasteiger partial charge in [-0.25, -0.2) is 0 Å². The highest BCUT2D eigenvalue weighted by Crippen LogP contribution is 2.36. The van der Waals surface area contributed by atoms with E-state index in [-0.39, 0.29) is 5.75 Å². The molecule has 1 aromatic rings. The molecule has 13 heavy (non-hydrogen) atoms. The maximum Gasteiger partial charge on any atom is 0.139 e. The Balaban J connectivity index is 2.46. The largest absolute Gasteiger partial charge is 0.506 e. The molecule has 1 aliphatic heterocycles. The fourth-order valence-electron chi connectivity index (χ4n) is 1.43. The summed E-state index contributed by atoms with van der Waals surface area (Å²) in [6.45, 7) is 3.02. The van der Waals surface area contributed by atoms with Crippen molar-refractivity contribution in [3.8, 4) is 5.75 Å². The Hall–Kier alpha value is -0.730. The Morgan fingerprint density at radius 1 is 1.62 bits per heavy atom. The Morgan fingerprint density at radius 2 is 2.31 bits per heavy atom. The van der Waals surface area contributed by atoms with Crippen LogP contribution in [-0.4, -0.2) is 11.7 Å². The minimum absolute atomic E-state index is 0.230. The molecule has 2 nitrogen and oxygen atoms in total. The van der Waals surface area contributed by atoms with Gasteiger partial charge in [-0.05, 0) is 18.1 Å². The molecule has 0 spiro atoms. The Labute approximate surface area is 82.5 Å². The summed E-state index contributed by atoms with van der Waals surface area (Å²) in [5.74, 6) is 0.230. The lowest BCUT2D eigenvalue weighted by Gasteiger charge is -2.06. The second-order valence-corrected chi connectivity index (χ2v) is 3.74. The molecule has 2 N–H and O–H groups in total. The SMILES string of the molecule is CCc1cc(Cl)c(O)c([C@H]2CN2)c1. The first-order valence-electron chi connectivity index (χ1n) is 4.47. The Kier molecular flexibility index (Phi) is 2.18. The van der Waals surface area contributed by atoms with Gasteiger partial charge in [-0.3, -0.25) is 0 Å². The van der Waals surface area contributed by atoms with Crippen LogP contribution in [0, 0.1) is 0 Å². The normalized spacial score (nSPS) is 20.3. The molecule has 0 aromatic heterocycles. The average molecular weight is 198 g/mol. The molecule has 2 rings (SSSR count). The van der Waals surface area contributed by atoms with E-state index in [4.69, 9.17) is 11.6 Å². The van der Waals surface area contributed by atoms with Gasteiger partial charge in [-0.15, -0.1) is 0 Å². The zero-order valence-corrected chi connectivity index (χ0v) is 8.23. The summed E-state index contributed by atoms with van der Waals surface area (Å²) in [6, 6.07) is 4.15.